The van der Waals surface area contributed by atoms with Crippen LogP contribution in [0.25, 0.3) is 0 Å². The van der Waals surface area contributed by atoms with Gasteiger partial charge in [-0.05, 0) is 0 Å². The van der Waals surface area contributed by atoms with Gasteiger partial charge >= 0.3 is 10.1 Å². The molecule has 2 nitrogen and oxygen atoms in total. The van der Waals surface area contributed by atoms with Gasteiger partial charge in [-0.3, -0.25) is 0 Å². The molecule has 0 heterocycles. The fourth-order valence-electron chi connectivity index (χ4n) is 0.768. The normalized spacial score (nSPS) is 8.00. The van der Waals surface area contributed by atoms with E-state index in [1.54, 1.807) is 48.5 Å². The Labute approximate surface area is 93.0 Å². The standard InChI is InChI=1S/2C6H5O.Be/c2*7-6-4-2-1-3-5-6;/h2*1-4,7H;/q2*-1;+2. The van der Waals surface area contributed by atoms with Gasteiger partial charge in [-0.25, -0.2) is 0 Å². The molecule has 0 aliphatic carbocycles. The van der Waals surface area contributed by atoms with E-state index in [2.05, 4.69) is 12.1 Å². The van der Waals surface area contributed by atoms with Crippen LogP contribution in [0.5, 0.6) is 11.5 Å². The molecule has 0 atom stereocenters. The Balaban J connectivity index is 0.000000245. The summed E-state index contributed by atoms with van der Waals surface area (Å²) in [5.74, 6) is 0.394. The quantitative estimate of drug-likeness (QED) is 0.498. The number of phenolic OH excluding ortho intramolecular Hbond substituents is 2. The Bertz CT molecular complexity index is 311. The summed E-state index contributed by atoms with van der Waals surface area (Å²) in [4.78, 5) is 0. The topological polar surface area (TPSA) is 40.5 Å². The summed E-state index contributed by atoms with van der Waals surface area (Å²) in [6.45, 7) is 0. The summed E-state index contributed by atoms with van der Waals surface area (Å²) in [7, 11) is 0. The van der Waals surface area contributed by atoms with Gasteiger partial charge in [0.15, 0.2) is 0 Å². The molecule has 3 heteroatoms. The van der Waals surface area contributed by atoms with Crippen LogP contribution in [0.1, 0.15) is 0 Å². The molecule has 0 saturated carbocycles. The maximum atomic E-state index is 8.58. The molecule has 2 aromatic rings. The molecule has 15 heavy (non-hydrogen) atoms. The van der Waals surface area contributed by atoms with E-state index in [-0.39, 0.29) is 21.6 Å². The fourth-order valence-corrected chi connectivity index (χ4v) is 0.768. The summed E-state index contributed by atoms with van der Waals surface area (Å²) in [5.41, 5.74) is 0. The predicted octanol–water partition coefficient (Wildman–Crippen LogP) is 2.00. The molecule has 0 bridgehead atoms. The van der Waals surface area contributed by atoms with Crippen molar-refractivity contribution in [1.82, 2.24) is 0 Å². The third-order valence-corrected chi connectivity index (χ3v) is 1.39. The van der Waals surface area contributed by atoms with E-state index in [0.29, 0.717) is 0 Å². The van der Waals surface area contributed by atoms with E-state index >= 15 is 0 Å². The summed E-state index contributed by atoms with van der Waals surface area (Å²) in [5, 5.41) is 17.2. The van der Waals surface area contributed by atoms with Crippen molar-refractivity contribution >= 4 is 10.1 Å². The molecule has 2 aromatic carbocycles. The molecule has 0 spiro atoms. The molecule has 0 aromatic heterocycles. The van der Waals surface area contributed by atoms with Crippen molar-refractivity contribution in [2.75, 3.05) is 0 Å². The fraction of sp³-hybridized carbons (Fsp3) is 0. The third-order valence-electron chi connectivity index (χ3n) is 1.39. The molecule has 72 valence electrons. The number of benzene rings is 2. The van der Waals surface area contributed by atoms with Crippen molar-refractivity contribution in [3.63, 3.8) is 0 Å². The molecule has 0 amide bonds. The average Bonchev–Trinajstić information content (AvgIpc) is 2.21. The van der Waals surface area contributed by atoms with Crippen molar-refractivity contribution < 1.29 is 10.2 Å². The zero-order chi connectivity index (χ0) is 10.2. The maximum absolute atomic E-state index is 8.58. The summed E-state index contributed by atoms with van der Waals surface area (Å²) in [6.07, 6.45) is 0. The van der Waals surface area contributed by atoms with Crippen LogP contribution >= 0.6 is 0 Å². The number of phenols is 2. The molecular weight excluding hydrogens is 185 g/mol. The summed E-state index contributed by atoms with van der Waals surface area (Å²) >= 11 is 0. The van der Waals surface area contributed by atoms with E-state index < -0.39 is 0 Å². The zero-order valence-corrected chi connectivity index (χ0v) is 8.22. The van der Waals surface area contributed by atoms with Crippen molar-refractivity contribution in [2.24, 2.45) is 0 Å². The third kappa shape index (κ3) is 6.30. The molecule has 2 rings (SSSR count). The molecule has 0 saturated heterocycles. The second-order valence-corrected chi connectivity index (χ2v) is 2.50. The Morgan fingerprint density at radius 2 is 1.13 bits per heavy atom. The van der Waals surface area contributed by atoms with Crippen LogP contribution in [0.4, 0.5) is 0 Å². The van der Waals surface area contributed by atoms with Gasteiger partial charge < -0.3 is 10.2 Å². The first-order valence-corrected chi connectivity index (χ1v) is 4.10. The van der Waals surface area contributed by atoms with Gasteiger partial charge in [0.25, 0.3) is 0 Å². The number of para-hydroxylation sites is 2. The SMILES string of the molecule is Oc1[c-]cccc1.Oc1[c-]cccc1.[Be+2]. The van der Waals surface area contributed by atoms with Gasteiger partial charge in [0, 0.05) is 11.5 Å². The molecule has 0 aliphatic rings. The van der Waals surface area contributed by atoms with Crippen LogP contribution in [-0.4, -0.2) is 20.3 Å². The maximum Gasteiger partial charge on any atom is 2.00 e. The average molecular weight is 195 g/mol. The molecule has 0 fully saturated rings. The van der Waals surface area contributed by atoms with E-state index in [1.807, 2.05) is 0 Å². The molecule has 0 unspecified atom stereocenters. The Morgan fingerprint density at radius 1 is 0.733 bits per heavy atom. The van der Waals surface area contributed by atoms with Crippen molar-refractivity contribution in [3.8, 4) is 11.5 Å². The van der Waals surface area contributed by atoms with Crippen molar-refractivity contribution in [2.45, 2.75) is 0 Å². The molecule has 0 radical (unpaired) electrons. The number of hydrogen-bond donors (Lipinski definition) is 2. The monoisotopic (exact) mass is 195 g/mol. The van der Waals surface area contributed by atoms with Gasteiger partial charge in [-0.1, -0.05) is 0 Å². The van der Waals surface area contributed by atoms with E-state index in [9.17, 15) is 0 Å². The van der Waals surface area contributed by atoms with Crippen molar-refractivity contribution in [3.05, 3.63) is 60.7 Å². The second-order valence-electron chi connectivity index (χ2n) is 2.50. The van der Waals surface area contributed by atoms with E-state index in [4.69, 9.17) is 10.2 Å². The minimum atomic E-state index is 0. The first kappa shape index (κ1) is 13.2. The molecule has 0 aliphatic heterocycles. The predicted molar refractivity (Wildman–Crippen MR) is 59.6 cm³/mol. The van der Waals surface area contributed by atoms with Gasteiger partial charge in [0.1, 0.15) is 0 Å². The van der Waals surface area contributed by atoms with Crippen LogP contribution < -0.4 is 0 Å². The van der Waals surface area contributed by atoms with Gasteiger partial charge in [0.05, 0.1) is 0 Å². The van der Waals surface area contributed by atoms with Gasteiger partial charge in [-0.15, -0.1) is 24.3 Å². The summed E-state index contributed by atoms with van der Waals surface area (Å²) < 4.78 is 0. The van der Waals surface area contributed by atoms with Crippen LogP contribution in [0.2, 0.25) is 0 Å². The van der Waals surface area contributed by atoms with Gasteiger partial charge in [0.2, 0.25) is 0 Å². The van der Waals surface area contributed by atoms with E-state index in [0.717, 1.165) is 0 Å². The zero-order valence-electron chi connectivity index (χ0n) is 8.22. The second kappa shape index (κ2) is 7.60. The summed E-state index contributed by atoms with van der Waals surface area (Å²) in [6, 6.07) is 18.8. The van der Waals surface area contributed by atoms with Crippen LogP contribution in [0.15, 0.2) is 48.5 Å². The van der Waals surface area contributed by atoms with Crippen LogP contribution in [0, 0.1) is 12.1 Å². The van der Waals surface area contributed by atoms with E-state index in [1.165, 1.54) is 0 Å². The Morgan fingerprint density at radius 3 is 1.27 bits per heavy atom. The minimum Gasteiger partial charge on any atom is -0.534 e. The van der Waals surface area contributed by atoms with Crippen molar-refractivity contribution in [1.29, 1.82) is 0 Å². The van der Waals surface area contributed by atoms with Crippen LogP contribution in [-0.2, 0) is 0 Å². The number of aromatic hydroxyl groups is 2. The largest absolute Gasteiger partial charge is 2.00 e. The van der Waals surface area contributed by atoms with Crippen LogP contribution in [0.3, 0.4) is 0 Å². The molecule has 2 N–H and O–H groups in total. The van der Waals surface area contributed by atoms with Gasteiger partial charge in [-0.2, -0.15) is 36.4 Å². The number of hydrogen-bond acceptors (Lipinski definition) is 2. The number of rotatable bonds is 0. The first-order chi connectivity index (χ1) is 6.79. The Kier molecular flexibility index (Phi) is 6.69. The Hall–Kier alpha value is -1.79. The first-order valence-electron chi connectivity index (χ1n) is 4.10. The smallest absolute Gasteiger partial charge is 0.534 e. The molecular formula is C12H10BeO2. The minimum absolute atomic E-state index is 0.